The summed E-state index contributed by atoms with van der Waals surface area (Å²) >= 11 is 0. The predicted octanol–water partition coefficient (Wildman–Crippen LogP) is 1.08. The van der Waals surface area contributed by atoms with E-state index in [0.29, 0.717) is 25.2 Å². The van der Waals surface area contributed by atoms with Crippen LogP contribution in [-0.2, 0) is 11.8 Å². The van der Waals surface area contributed by atoms with Crippen LogP contribution in [0.25, 0.3) is 0 Å². The van der Waals surface area contributed by atoms with Crippen molar-refractivity contribution in [1.29, 1.82) is 0 Å². The Morgan fingerprint density at radius 1 is 1.58 bits per heavy atom. The maximum Gasteiger partial charge on any atom is 0.406 e. The molecular weight excluding hydrogens is 252 g/mol. The van der Waals surface area contributed by atoms with Crippen molar-refractivity contribution in [2.45, 2.75) is 32.2 Å². The fourth-order valence-electron chi connectivity index (χ4n) is 2.53. The standard InChI is InChI=1S/C11H16N4O4/c1-7-12-8(15(18)19)9(13(7)3)14-6-4-5-11(14,2)10(16)17/h4-6H2,1-3H3,(H,16,17). The van der Waals surface area contributed by atoms with Gasteiger partial charge in [0.15, 0.2) is 0 Å². The van der Waals surface area contributed by atoms with Gasteiger partial charge in [-0.2, -0.15) is 0 Å². The summed E-state index contributed by atoms with van der Waals surface area (Å²) in [5.41, 5.74) is -1.12. The largest absolute Gasteiger partial charge is 0.480 e. The van der Waals surface area contributed by atoms with E-state index in [0.717, 1.165) is 0 Å². The maximum atomic E-state index is 11.5. The SMILES string of the molecule is Cc1nc([N+](=O)[O-])c(N2CCCC2(C)C(=O)O)n1C. The average Bonchev–Trinajstić information content (AvgIpc) is 2.83. The van der Waals surface area contributed by atoms with Gasteiger partial charge in [0, 0.05) is 20.5 Å². The Morgan fingerprint density at radius 2 is 2.21 bits per heavy atom. The van der Waals surface area contributed by atoms with E-state index in [4.69, 9.17) is 0 Å². The van der Waals surface area contributed by atoms with E-state index in [1.165, 1.54) is 0 Å². The number of anilines is 1. The van der Waals surface area contributed by atoms with Crippen molar-refractivity contribution in [3.05, 3.63) is 15.9 Å². The van der Waals surface area contributed by atoms with Crippen LogP contribution in [0.1, 0.15) is 25.6 Å². The van der Waals surface area contributed by atoms with Crippen LogP contribution < -0.4 is 4.90 Å². The Kier molecular flexibility index (Phi) is 2.95. The first-order valence-corrected chi connectivity index (χ1v) is 5.98. The molecule has 1 saturated heterocycles. The van der Waals surface area contributed by atoms with E-state index >= 15 is 0 Å². The highest BCUT2D eigenvalue weighted by Gasteiger charge is 2.47. The van der Waals surface area contributed by atoms with Crippen LogP contribution in [0.3, 0.4) is 0 Å². The molecule has 0 aliphatic carbocycles. The number of carbonyl (C=O) groups is 1. The minimum Gasteiger partial charge on any atom is -0.480 e. The second-order valence-electron chi connectivity index (χ2n) is 4.96. The topological polar surface area (TPSA) is 102 Å². The molecule has 1 unspecified atom stereocenters. The van der Waals surface area contributed by atoms with Crippen molar-refractivity contribution in [2.24, 2.45) is 7.05 Å². The average molecular weight is 268 g/mol. The molecule has 1 N–H and O–H groups in total. The van der Waals surface area contributed by atoms with Crippen LogP contribution in [0.2, 0.25) is 0 Å². The number of carboxylic acid groups (broad SMARTS) is 1. The molecule has 8 nitrogen and oxygen atoms in total. The zero-order valence-electron chi connectivity index (χ0n) is 11.1. The molecule has 1 aliphatic heterocycles. The first-order valence-electron chi connectivity index (χ1n) is 5.98. The van der Waals surface area contributed by atoms with Crippen LogP contribution in [0.15, 0.2) is 0 Å². The number of nitrogens with zero attached hydrogens (tertiary/aromatic N) is 4. The summed E-state index contributed by atoms with van der Waals surface area (Å²) < 4.78 is 1.57. The van der Waals surface area contributed by atoms with Gasteiger partial charge in [-0.15, -0.1) is 0 Å². The van der Waals surface area contributed by atoms with Gasteiger partial charge >= 0.3 is 11.8 Å². The minimum absolute atomic E-state index is 0.268. The number of imidazole rings is 1. The second kappa shape index (κ2) is 4.22. The Balaban J connectivity index is 2.58. The molecule has 1 fully saturated rings. The first-order chi connectivity index (χ1) is 8.79. The third kappa shape index (κ3) is 1.83. The zero-order chi connectivity index (χ0) is 14.4. The lowest BCUT2D eigenvalue weighted by molar-refractivity contribution is -0.388. The number of hydrogen-bond donors (Lipinski definition) is 1. The molecule has 1 aliphatic rings. The summed E-state index contributed by atoms with van der Waals surface area (Å²) in [7, 11) is 1.66. The molecule has 1 aromatic rings. The van der Waals surface area contributed by atoms with Crippen molar-refractivity contribution in [3.63, 3.8) is 0 Å². The lowest BCUT2D eigenvalue weighted by atomic mass is 9.99. The number of aliphatic carboxylic acids is 1. The van der Waals surface area contributed by atoms with Crippen LogP contribution in [0.4, 0.5) is 11.6 Å². The van der Waals surface area contributed by atoms with Gasteiger partial charge in [0.2, 0.25) is 11.6 Å². The summed E-state index contributed by atoms with van der Waals surface area (Å²) in [6.45, 7) is 3.72. The summed E-state index contributed by atoms with van der Waals surface area (Å²) in [5, 5.41) is 20.5. The van der Waals surface area contributed by atoms with E-state index < -0.39 is 16.4 Å². The summed E-state index contributed by atoms with van der Waals surface area (Å²) in [6.07, 6.45) is 1.15. The fraction of sp³-hybridized carbons (Fsp3) is 0.636. The normalized spacial score (nSPS) is 22.8. The van der Waals surface area contributed by atoms with Crippen LogP contribution in [0.5, 0.6) is 0 Å². The van der Waals surface area contributed by atoms with Crippen molar-refractivity contribution in [2.75, 3.05) is 11.4 Å². The number of aromatic nitrogens is 2. The first kappa shape index (κ1) is 13.3. The van der Waals surface area contributed by atoms with Gasteiger partial charge in [-0.3, -0.25) is 4.57 Å². The molecule has 19 heavy (non-hydrogen) atoms. The lowest BCUT2D eigenvalue weighted by Crippen LogP contribution is -2.49. The molecule has 0 spiro atoms. The molecule has 0 amide bonds. The molecule has 0 saturated carbocycles. The van der Waals surface area contributed by atoms with Gasteiger partial charge in [-0.1, -0.05) is 0 Å². The van der Waals surface area contributed by atoms with Gasteiger partial charge < -0.3 is 20.1 Å². The monoisotopic (exact) mass is 268 g/mol. The predicted molar refractivity (Wildman–Crippen MR) is 67.2 cm³/mol. The molecule has 8 heteroatoms. The summed E-state index contributed by atoms with van der Waals surface area (Å²) in [6, 6.07) is 0. The van der Waals surface area contributed by atoms with Crippen molar-refractivity contribution in [1.82, 2.24) is 9.55 Å². The Labute approximate surface area is 109 Å². The second-order valence-corrected chi connectivity index (χ2v) is 4.96. The summed E-state index contributed by atoms with van der Waals surface area (Å²) in [5.74, 6) is -0.501. The minimum atomic E-state index is -1.12. The summed E-state index contributed by atoms with van der Waals surface area (Å²) in [4.78, 5) is 27.5. The fourth-order valence-corrected chi connectivity index (χ4v) is 2.53. The Hall–Kier alpha value is -2.12. The van der Waals surface area contributed by atoms with E-state index in [1.807, 2.05) is 0 Å². The third-order valence-corrected chi connectivity index (χ3v) is 3.80. The highest BCUT2D eigenvalue weighted by Crippen LogP contribution is 2.39. The van der Waals surface area contributed by atoms with Crippen LogP contribution in [0, 0.1) is 17.0 Å². The maximum absolute atomic E-state index is 11.5. The lowest BCUT2D eigenvalue weighted by Gasteiger charge is -2.32. The van der Waals surface area contributed by atoms with Crippen LogP contribution >= 0.6 is 0 Å². The Bertz CT molecular complexity index is 553. The molecule has 0 bridgehead atoms. The van der Waals surface area contributed by atoms with E-state index in [9.17, 15) is 20.0 Å². The number of carboxylic acids is 1. The van der Waals surface area contributed by atoms with E-state index in [-0.39, 0.29) is 11.6 Å². The van der Waals surface area contributed by atoms with Crippen LogP contribution in [-0.4, -0.2) is 37.6 Å². The van der Waals surface area contributed by atoms with Crippen molar-refractivity contribution < 1.29 is 14.8 Å². The number of rotatable bonds is 3. The highest BCUT2D eigenvalue weighted by atomic mass is 16.6. The number of nitro groups is 1. The highest BCUT2D eigenvalue weighted by molar-refractivity contribution is 5.84. The molecule has 1 aromatic heterocycles. The van der Waals surface area contributed by atoms with Gasteiger partial charge in [0.05, 0.1) is 0 Å². The van der Waals surface area contributed by atoms with Crippen molar-refractivity contribution in [3.8, 4) is 0 Å². The smallest absolute Gasteiger partial charge is 0.406 e. The van der Waals surface area contributed by atoms with Gasteiger partial charge in [0.1, 0.15) is 5.54 Å². The molecule has 1 atom stereocenters. The quantitative estimate of drug-likeness (QED) is 0.650. The molecule has 2 rings (SSSR count). The Morgan fingerprint density at radius 3 is 2.74 bits per heavy atom. The molecule has 104 valence electrons. The third-order valence-electron chi connectivity index (χ3n) is 3.80. The molecule has 0 radical (unpaired) electrons. The zero-order valence-corrected chi connectivity index (χ0v) is 11.1. The van der Waals surface area contributed by atoms with Gasteiger partial charge in [-0.05, 0) is 29.7 Å². The van der Waals surface area contributed by atoms with Gasteiger partial charge in [0.25, 0.3) is 0 Å². The molecule has 0 aromatic carbocycles. The van der Waals surface area contributed by atoms with E-state index in [2.05, 4.69) is 4.98 Å². The van der Waals surface area contributed by atoms with E-state index in [1.54, 1.807) is 30.4 Å². The number of aryl methyl sites for hydroxylation is 1. The molecule has 2 heterocycles. The molecular formula is C11H16N4O4. The number of hydrogen-bond acceptors (Lipinski definition) is 5. The van der Waals surface area contributed by atoms with Gasteiger partial charge in [-0.25, -0.2) is 4.79 Å². The van der Waals surface area contributed by atoms with Crippen molar-refractivity contribution >= 4 is 17.6 Å².